The summed E-state index contributed by atoms with van der Waals surface area (Å²) >= 11 is 0. The van der Waals surface area contributed by atoms with Gasteiger partial charge in [0, 0.05) is 25.4 Å². The molecule has 3 nitrogen and oxygen atoms in total. The number of benzene rings is 1. The van der Waals surface area contributed by atoms with E-state index in [4.69, 9.17) is 5.73 Å². The lowest BCUT2D eigenvalue weighted by atomic mass is 9.89. The van der Waals surface area contributed by atoms with Crippen LogP contribution in [-0.2, 0) is 4.79 Å². The van der Waals surface area contributed by atoms with Crippen molar-refractivity contribution in [2.45, 2.75) is 24.9 Å². The lowest BCUT2D eigenvalue weighted by molar-refractivity contribution is -0.148. The Kier molecular flexibility index (Phi) is 4.88. The smallest absolute Gasteiger partial charge is 0.342 e. The van der Waals surface area contributed by atoms with Gasteiger partial charge in [-0.1, -0.05) is 30.3 Å². The van der Waals surface area contributed by atoms with Crippen molar-refractivity contribution in [1.29, 1.82) is 0 Å². The number of halogens is 3. The first-order valence-corrected chi connectivity index (χ1v) is 7.00. The molecule has 0 radical (unpaired) electrons. The SMILES string of the molecule is NC[C@@H]1CN(C(=O)CCC(F)(F)F)C[C@H]1c1ccccc1. The van der Waals surface area contributed by atoms with Crippen LogP contribution < -0.4 is 5.73 Å². The Labute approximate surface area is 121 Å². The minimum Gasteiger partial charge on any atom is -0.342 e. The maximum atomic E-state index is 12.2. The molecule has 6 heteroatoms. The van der Waals surface area contributed by atoms with Crippen LogP contribution >= 0.6 is 0 Å². The van der Waals surface area contributed by atoms with E-state index in [1.807, 2.05) is 30.3 Å². The Bertz CT molecular complexity index is 476. The van der Waals surface area contributed by atoms with Crippen LogP contribution in [0.4, 0.5) is 13.2 Å². The number of likely N-dealkylation sites (tertiary alicyclic amines) is 1. The molecule has 1 amide bonds. The summed E-state index contributed by atoms with van der Waals surface area (Å²) < 4.78 is 36.6. The third-order valence-corrected chi connectivity index (χ3v) is 3.95. The molecule has 1 aliphatic heterocycles. The molecule has 2 N–H and O–H groups in total. The van der Waals surface area contributed by atoms with Crippen molar-refractivity contribution >= 4 is 5.91 Å². The van der Waals surface area contributed by atoms with Gasteiger partial charge in [0.2, 0.25) is 5.91 Å². The molecule has 0 spiro atoms. The molecule has 1 saturated heterocycles. The van der Waals surface area contributed by atoms with Crippen LogP contribution in [0.5, 0.6) is 0 Å². The third-order valence-electron chi connectivity index (χ3n) is 3.95. The highest BCUT2D eigenvalue weighted by molar-refractivity contribution is 5.76. The number of hydrogen-bond acceptors (Lipinski definition) is 2. The fraction of sp³-hybridized carbons (Fsp3) is 0.533. The van der Waals surface area contributed by atoms with Crippen LogP contribution in [0.1, 0.15) is 24.3 Å². The number of nitrogens with two attached hydrogens (primary N) is 1. The van der Waals surface area contributed by atoms with Crippen molar-refractivity contribution in [3.63, 3.8) is 0 Å². The van der Waals surface area contributed by atoms with E-state index in [1.54, 1.807) is 0 Å². The Hall–Kier alpha value is -1.56. The largest absolute Gasteiger partial charge is 0.389 e. The first-order chi connectivity index (χ1) is 9.90. The molecular formula is C15H19F3N2O. The van der Waals surface area contributed by atoms with Crippen LogP contribution in [0, 0.1) is 5.92 Å². The molecular weight excluding hydrogens is 281 g/mol. The molecule has 1 aromatic carbocycles. The molecule has 0 bridgehead atoms. The summed E-state index contributed by atoms with van der Waals surface area (Å²) in [5.74, 6) is -0.238. The van der Waals surface area contributed by atoms with Crippen molar-refractivity contribution in [2.75, 3.05) is 19.6 Å². The second-order valence-electron chi connectivity index (χ2n) is 5.43. The van der Waals surface area contributed by atoms with Crippen LogP contribution in [0.2, 0.25) is 0 Å². The van der Waals surface area contributed by atoms with Gasteiger partial charge in [0.05, 0.1) is 6.42 Å². The van der Waals surface area contributed by atoms with Crippen molar-refractivity contribution in [1.82, 2.24) is 4.90 Å². The standard InChI is InChI=1S/C15H19F3N2O/c16-15(17,18)7-6-14(21)20-9-12(8-19)13(10-20)11-4-2-1-3-5-11/h1-5,12-13H,6-10,19H2/t12-,13+/m1/s1. The normalized spacial score (nSPS) is 22.6. The zero-order chi connectivity index (χ0) is 15.5. The molecule has 116 valence electrons. The molecule has 0 unspecified atom stereocenters. The monoisotopic (exact) mass is 300 g/mol. The number of carbonyl (C=O) groups excluding carboxylic acids is 1. The molecule has 1 aromatic rings. The molecule has 1 heterocycles. The highest BCUT2D eigenvalue weighted by atomic mass is 19.4. The lowest BCUT2D eigenvalue weighted by Gasteiger charge is -2.17. The Morgan fingerprint density at radius 2 is 1.90 bits per heavy atom. The summed E-state index contributed by atoms with van der Waals surface area (Å²) in [7, 11) is 0. The van der Waals surface area contributed by atoms with Gasteiger partial charge in [-0.3, -0.25) is 4.79 Å². The van der Waals surface area contributed by atoms with Gasteiger partial charge in [0.25, 0.3) is 0 Å². The van der Waals surface area contributed by atoms with Gasteiger partial charge < -0.3 is 10.6 Å². The van der Waals surface area contributed by atoms with Crippen LogP contribution in [-0.4, -0.2) is 36.6 Å². The molecule has 0 aliphatic carbocycles. The van der Waals surface area contributed by atoms with E-state index in [0.717, 1.165) is 5.56 Å². The average Bonchev–Trinajstić information content (AvgIpc) is 2.89. The number of nitrogens with zero attached hydrogens (tertiary/aromatic N) is 1. The van der Waals surface area contributed by atoms with E-state index < -0.39 is 24.9 Å². The zero-order valence-electron chi connectivity index (χ0n) is 11.6. The molecule has 2 rings (SSSR count). The number of amides is 1. The van der Waals surface area contributed by atoms with Crippen molar-refractivity contribution < 1.29 is 18.0 Å². The van der Waals surface area contributed by atoms with Crippen molar-refractivity contribution in [2.24, 2.45) is 11.7 Å². The van der Waals surface area contributed by atoms with Crippen molar-refractivity contribution in [3.8, 4) is 0 Å². The van der Waals surface area contributed by atoms with Gasteiger partial charge in [0.1, 0.15) is 0 Å². The Morgan fingerprint density at radius 1 is 1.24 bits per heavy atom. The van der Waals surface area contributed by atoms with E-state index >= 15 is 0 Å². The second kappa shape index (κ2) is 6.47. The summed E-state index contributed by atoms with van der Waals surface area (Å²) in [6.45, 7) is 1.30. The first-order valence-electron chi connectivity index (χ1n) is 7.00. The van der Waals surface area contributed by atoms with Gasteiger partial charge in [-0.15, -0.1) is 0 Å². The summed E-state index contributed by atoms with van der Waals surface area (Å²) in [6.07, 6.45) is -5.84. The molecule has 1 fully saturated rings. The minimum atomic E-state index is -4.29. The van der Waals surface area contributed by atoms with Crippen molar-refractivity contribution in [3.05, 3.63) is 35.9 Å². The average molecular weight is 300 g/mol. The third kappa shape index (κ3) is 4.20. The lowest BCUT2D eigenvalue weighted by Crippen LogP contribution is -2.30. The topological polar surface area (TPSA) is 46.3 Å². The zero-order valence-corrected chi connectivity index (χ0v) is 11.6. The van der Waals surface area contributed by atoms with E-state index in [0.29, 0.717) is 19.6 Å². The maximum absolute atomic E-state index is 12.2. The fourth-order valence-electron chi connectivity index (χ4n) is 2.80. The van der Waals surface area contributed by atoms with Gasteiger partial charge >= 0.3 is 6.18 Å². The predicted octanol–water partition coefficient (Wildman–Crippen LogP) is 2.53. The summed E-state index contributed by atoms with van der Waals surface area (Å²) in [5, 5.41) is 0. The number of carbonyl (C=O) groups is 1. The summed E-state index contributed by atoms with van der Waals surface area (Å²) in [5.41, 5.74) is 6.83. The number of rotatable bonds is 4. The van der Waals surface area contributed by atoms with E-state index in [-0.39, 0.29) is 11.8 Å². The van der Waals surface area contributed by atoms with E-state index in [1.165, 1.54) is 4.90 Å². The molecule has 0 saturated carbocycles. The van der Waals surface area contributed by atoms with Gasteiger partial charge in [-0.05, 0) is 18.0 Å². The molecule has 2 atom stereocenters. The Morgan fingerprint density at radius 3 is 2.48 bits per heavy atom. The van der Waals surface area contributed by atoms with Crippen LogP contribution in [0.15, 0.2) is 30.3 Å². The molecule has 0 aromatic heterocycles. The Balaban J connectivity index is 2.00. The highest BCUT2D eigenvalue weighted by Gasteiger charge is 2.36. The highest BCUT2D eigenvalue weighted by Crippen LogP contribution is 2.33. The second-order valence-corrected chi connectivity index (χ2v) is 5.43. The van der Waals surface area contributed by atoms with Crippen LogP contribution in [0.3, 0.4) is 0 Å². The number of hydrogen-bond donors (Lipinski definition) is 1. The van der Waals surface area contributed by atoms with E-state index in [2.05, 4.69) is 0 Å². The van der Waals surface area contributed by atoms with Gasteiger partial charge in [-0.25, -0.2) is 0 Å². The summed E-state index contributed by atoms with van der Waals surface area (Å²) in [6, 6.07) is 9.67. The molecule has 1 aliphatic rings. The van der Waals surface area contributed by atoms with E-state index in [9.17, 15) is 18.0 Å². The quantitative estimate of drug-likeness (QED) is 0.929. The first kappa shape index (κ1) is 15.8. The van der Waals surface area contributed by atoms with Gasteiger partial charge in [0.15, 0.2) is 0 Å². The van der Waals surface area contributed by atoms with Crippen LogP contribution in [0.25, 0.3) is 0 Å². The predicted molar refractivity (Wildman–Crippen MR) is 73.6 cm³/mol. The fourth-order valence-corrected chi connectivity index (χ4v) is 2.80. The minimum absolute atomic E-state index is 0.0993. The van der Waals surface area contributed by atoms with Gasteiger partial charge in [-0.2, -0.15) is 13.2 Å². The molecule has 21 heavy (non-hydrogen) atoms. The number of alkyl halides is 3. The summed E-state index contributed by atoms with van der Waals surface area (Å²) in [4.78, 5) is 13.4. The maximum Gasteiger partial charge on any atom is 0.389 e.